The van der Waals surface area contributed by atoms with Gasteiger partial charge in [-0.3, -0.25) is 9.78 Å². The van der Waals surface area contributed by atoms with Gasteiger partial charge in [0.25, 0.3) is 5.91 Å². The summed E-state index contributed by atoms with van der Waals surface area (Å²) in [5.41, 5.74) is 1.81. The minimum Gasteiger partial charge on any atom is -0.486 e. The molecule has 0 saturated carbocycles. The topological polar surface area (TPSA) is 73.3 Å². The number of rotatable bonds is 9. The standard InChI is InChI=1S/C20H19N3O3S/c1-2-11-25-17-5-3-4-6-18(17)26-13-19(24)22-12-16-14-27-20(23-16)15-7-9-21-10-8-15/h2-10,14H,1,11-13H2,(H,22,24). The zero-order valence-electron chi connectivity index (χ0n) is 14.6. The molecule has 27 heavy (non-hydrogen) atoms. The average Bonchev–Trinajstić information content (AvgIpc) is 3.19. The van der Waals surface area contributed by atoms with E-state index in [0.29, 0.717) is 24.7 Å². The number of carbonyl (C=O) groups is 1. The molecule has 0 atom stereocenters. The van der Waals surface area contributed by atoms with Crippen molar-refractivity contribution in [3.8, 4) is 22.1 Å². The molecule has 0 fully saturated rings. The Hall–Kier alpha value is -3.19. The number of hydrogen-bond donors (Lipinski definition) is 1. The summed E-state index contributed by atoms with van der Waals surface area (Å²) in [6.07, 6.45) is 5.11. The first-order chi connectivity index (χ1) is 13.3. The lowest BCUT2D eigenvalue weighted by Crippen LogP contribution is -2.28. The predicted molar refractivity (Wildman–Crippen MR) is 105 cm³/mol. The van der Waals surface area contributed by atoms with Gasteiger partial charge in [0.2, 0.25) is 0 Å². The smallest absolute Gasteiger partial charge is 0.258 e. The van der Waals surface area contributed by atoms with Crippen molar-refractivity contribution in [1.82, 2.24) is 15.3 Å². The molecule has 1 amide bonds. The summed E-state index contributed by atoms with van der Waals surface area (Å²) < 4.78 is 11.1. The quantitative estimate of drug-likeness (QED) is 0.575. The van der Waals surface area contributed by atoms with Crippen LogP contribution in [-0.4, -0.2) is 29.1 Å². The highest BCUT2D eigenvalue weighted by atomic mass is 32.1. The van der Waals surface area contributed by atoms with Gasteiger partial charge in [-0.1, -0.05) is 24.8 Å². The van der Waals surface area contributed by atoms with Gasteiger partial charge in [-0.05, 0) is 24.3 Å². The number of ether oxygens (including phenoxy) is 2. The lowest BCUT2D eigenvalue weighted by Gasteiger charge is -2.11. The summed E-state index contributed by atoms with van der Waals surface area (Å²) in [7, 11) is 0. The summed E-state index contributed by atoms with van der Waals surface area (Å²) in [6, 6.07) is 11.0. The van der Waals surface area contributed by atoms with Crippen molar-refractivity contribution < 1.29 is 14.3 Å². The third-order valence-corrected chi connectivity index (χ3v) is 4.45. The number of benzene rings is 1. The molecule has 0 saturated heterocycles. The van der Waals surface area contributed by atoms with Crippen LogP contribution in [0.2, 0.25) is 0 Å². The molecule has 2 heterocycles. The largest absolute Gasteiger partial charge is 0.486 e. The number of hydrogen-bond acceptors (Lipinski definition) is 6. The Balaban J connectivity index is 1.49. The average molecular weight is 381 g/mol. The molecule has 2 aromatic heterocycles. The number of para-hydroxylation sites is 2. The number of aromatic nitrogens is 2. The second kappa shape index (κ2) is 9.49. The maximum atomic E-state index is 12.1. The zero-order chi connectivity index (χ0) is 18.9. The molecule has 0 aliphatic carbocycles. The van der Waals surface area contributed by atoms with Crippen LogP contribution in [0, 0.1) is 0 Å². The maximum Gasteiger partial charge on any atom is 0.258 e. The Labute approximate surface area is 161 Å². The minimum absolute atomic E-state index is 0.101. The number of nitrogens with one attached hydrogen (secondary N) is 1. The van der Waals surface area contributed by atoms with E-state index in [1.807, 2.05) is 29.6 Å². The van der Waals surface area contributed by atoms with Gasteiger partial charge in [-0.15, -0.1) is 11.3 Å². The van der Waals surface area contributed by atoms with E-state index < -0.39 is 0 Å². The van der Waals surface area contributed by atoms with E-state index in [-0.39, 0.29) is 12.5 Å². The zero-order valence-corrected chi connectivity index (χ0v) is 15.4. The van der Waals surface area contributed by atoms with Gasteiger partial charge in [0.05, 0.1) is 12.2 Å². The molecular weight excluding hydrogens is 362 g/mol. The first kappa shape index (κ1) is 18.6. The van der Waals surface area contributed by atoms with Crippen molar-refractivity contribution in [2.75, 3.05) is 13.2 Å². The van der Waals surface area contributed by atoms with Crippen LogP contribution in [-0.2, 0) is 11.3 Å². The van der Waals surface area contributed by atoms with E-state index >= 15 is 0 Å². The number of carbonyl (C=O) groups excluding carboxylic acids is 1. The van der Waals surface area contributed by atoms with Gasteiger partial charge in [-0.25, -0.2) is 4.98 Å². The minimum atomic E-state index is -0.230. The normalized spacial score (nSPS) is 10.2. The number of amides is 1. The lowest BCUT2D eigenvalue weighted by atomic mass is 10.3. The van der Waals surface area contributed by atoms with E-state index in [2.05, 4.69) is 21.9 Å². The molecule has 0 aliphatic heterocycles. The first-order valence-corrected chi connectivity index (χ1v) is 9.21. The molecule has 0 radical (unpaired) electrons. The number of pyridine rings is 1. The third-order valence-electron chi connectivity index (χ3n) is 3.51. The summed E-state index contributed by atoms with van der Waals surface area (Å²) in [5.74, 6) is 0.863. The Kier molecular flexibility index (Phi) is 6.54. The van der Waals surface area contributed by atoms with E-state index in [1.165, 1.54) is 11.3 Å². The SMILES string of the molecule is C=CCOc1ccccc1OCC(=O)NCc1csc(-c2ccncc2)n1. The molecule has 0 aliphatic rings. The van der Waals surface area contributed by atoms with Crippen LogP contribution in [0.3, 0.4) is 0 Å². The molecule has 0 bridgehead atoms. The van der Waals surface area contributed by atoms with E-state index in [4.69, 9.17) is 9.47 Å². The van der Waals surface area contributed by atoms with Crippen molar-refractivity contribution in [2.45, 2.75) is 6.54 Å². The van der Waals surface area contributed by atoms with Crippen molar-refractivity contribution in [1.29, 1.82) is 0 Å². The second-order valence-corrected chi connectivity index (χ2v) is 6.35. The summed E-state index contributed by atoms with van der Waals surface area (Å²) in [6.45, 7) is 4.23. The molecule has 7 heteroatoms. The van der Waals surface area contributed by atoms with Crippen molar-refractivity contribution in [3.05, 3.63) is 72.5 Å². The monoisotopic (exact) mass is 381 g/mol. The van der Waals surface area contributed by atoms with Gasteiger partial charge < -0.3 is 14.8 Å². The van der Waals surface area contributed by atoms with Crippen LogP contribution in [0.4, 0.5) is 0 Å². The van der Waals surface area contributed by atoms with Crippen LogP contribution in [0.15, 0.2) is 66.8 Å². The van der Waals surface area contributed by atoms with Gasteiger partial charge in [0.1, 0.15) is 11.6 Å². The summed E-state index contributed by atoms with van der Waals surface area (Å²) in [5, 5.41) is 5.63. The van der Waals surface area contributed by atoms with Gasteiger partial charge >= 0.3 is 0 Å². The van der Waals surface area contributed by atoms with E-state index in [9.17, 15) is 4.79 Å². The molecule has 6 nitrogen and oxygen atoms in total. The van der Waals surface area contributed by atoms with Gasteiger partial charge in [0, 0.05) is 23.3 Å². The predicted octanol–water partition coefficient (Wildman–Crippen LogP) is 3.47. The van der Waals surface area contributed by atoms with Crippen LogP contribution in [0.5, 0.6) is 11.5 Å². The molecule has 3 rings (SSSR count). The maximum absolute atomic E-state index is 12.1. The Bertz CT molecular complexity index is 896. The molecule has 1 N–H and O–H groups in total. The van der Waals surface area contributed by atoms with Gasteiger partial charge in [-0.2, -0.15) is 0 Å². The number of nitrogens with zero attached hydrogens (tertiary/aromatic N) is 2. The second-order valence-electron chi connectivity index (χ2n) is 5.49. The van der Waals surface area contributed by atoms with Crippen LogP contribution >= 0.6 is 11.3 Å². The molecule has 138 valence electrons. The Morgan fingerprint density at radius 3 is 2.63 bits per heavy atom. The van der Waals surface area contributed by atoms with Crippen LogP contribution < -0.4 is 14.8 Å². The van der Waals surface area contributed by atoms with E-state index in [1.54, 1.807) is 30.6 Å². The molecular formula is C20H19N3O3S. The van der Waals surface area contributed by atoms with Crippen molar-refractivity contribution in [2.24, 2.45) is 0 Å². The van der Waals surface area contributed by atoms with Crippen molar-refractivity contribution in [3.63, 3.8) is 0 Å². The highest BCUT2D eigenvalue weighted by Gasteiger charge is 2.09. The van der Waals surface area contributed by atoms with Crippen molar-refractivity contribution >= 4 is 17.2 Å². The fourth-order valence-electron chi connectivity index (χ4n) is 2.24. The molecule has 0 unspecified atom stereocenters. The highest BCUT2D eigenvalue weighted by Crippen LogP contribution is 2.26. The Morgan fingerprint density at radius 2 is 1.89 bits per heavy atom. The fraction of sp³-hybridized carbons (Fsp3) is 0.150. The fourth-order valence-corrected chi connectivity index (χ4v) is 3.06. The van der Waals surface area contributed by atoms with Gasteiger partial charge in [0.15, 0.2) is 18.1 Å². The molecule has 0 spiro atoms. The highest BCUT2D eigenvalue weighted by molar-refractivity contribution is 7.13. The van der Waals surface area contributed by atoms with Crippen LogP contribution in [0.25, 0.3) is 10.6 Å². The lowest BCUT2D eigenvalue weighted by molar-refractivity contribution is -0.123. The summed E-state index contributed by atoms with van der Waals surface area (Å²) >= 11 is 1.53. The van der Waals surface area contributed by atoms with E-state index in [0.717, 1.165) is 16.3 Å². The molecule has 3 aromatic rings. The summed E-state index contributed by atoms with van der Waals surface area (Å²) in [4.78, 5) is 20.6. The number of thiazole rings is 1. The molecule has 1 aromatic carbocycles. The third kappa shape index (κ3) is 5.39. The Morgan fingerprint density at radius 1 is 1.15 bits per heavy atom. The first-order valence-electron chi connectivity index (χ1n) is 8.33. The van der Waals surface area contributed by atoms with Crippen LogP contribution in [0.1, 0.15) is 5.69 Å².